The van der Waals surface area contributed by atoms with Crippen LogP contribution < -0.4 is 9.78 Å². The first-order valence-corrected chi connectivity index (χ1v) is 6.15. The highest BCUT2D eigenvalue weighted by Crippen LogP contribution is 2.29. The first-order valence-electron chi connectivity index (χ1n) is 6.15. The standard InChI is InChI=1S/C13H17NO5/c1-14-6-4-9(5-7-14)13(15)11-3-2-10(18-16)8-12(11)19-17/h2-3,8-9,16-17H,4-7H2,1H3. The van der Waals surface area contributed by atoms with Crippen LogP contribution in [0.3, 0.4) is 0 Å². The van der Waals surface area contributed by atoms with Crippen molar-refractivity contribution in [2.45, 2.75) is 12.8 Å². The Balaban J connectivity index is 2.18. The zero-order chi connectivity index (χ0) is 13.8. The van der Waals surface area contributed by atoms with Crippen molar-refractivity contribution in [1.82, 2.24) is 4.90 Å². The van der Waals surface area contributed by atoms with E-state index < -0.39 is 0 Å². The number of likely N-dealkylation sites (tertiary alicyclic amines) is 1. The van der Waals surface area contributed by atoms with Crippen molar-refractivity contribution in [2.24, 2.45) is 5.92 Å². The van der Waals surface area contributed by atoms with Gasteiger partial charge in [-0.15, -0.1) is 0 Å². The number of nitrogens with zero attached hydrogens (tertiary/aromatic N) is 1. The summed E-state index contributed by atoms with van der Waals surface area (Å²) in [5, 5.41) is 17.4. The van der Waals surface area contributed by atoms with Gasteiger partial charge in [-0.25, -0.2) is 10.5 Å². The Morgan fingerprint density at radius 2 is 1.95 bits per heavy atom. The quantitative estimate of drug-likeness (QED) is 0.493. The Bertz CT molecular complexity index is 454. The number of carbonyl (C=O) groups is 1. The molecule has 2 N–H and O–H groups in total. The zero-order valence-electron chi connectivity index (χ0n) is 10.7. The van der Waals surface area contributed by atoms with Crippen LogP contribution in [0.5, 0.6) is 11.5 Å². The van der Waals surface area contributed by atoms with E-state index >= 15 is 0 Å². The lowest BCUT2D eigenvalue weighted by atomic mass is 9.88. The number of hydrogen-bond donors (Lipinski definition) is 2. The maximum absolute atomic E-state index is 12.4. The van der Waals surface area contributed by atoms with Crippen LogP contribution in [0.4, 0.5) is 0 Å². The number of carbonyl (C=O) groups excluding carboxylic acids is 1. The lowest BCUT2D eigenvalue weighted by Crippen LogP contribution is -2.33. The fourth-order valence-corrected chi connectivity index (χ4v) is 2.33. The highest BCUT2D eigenvalue weighted by atomic mass is 17.1. The molecule has 0 aliphatic carbocycles. The van der Waals surface area contributed by atoms with Crippen LogP contribution >= 0.6 is 0 Å². The fourth-order valence-electron chi connectivity index (χ4n) is 2.33. The third-order valence-corrected chi connectivity index (χ3v) is 3.51. The molecule has 1 fully saturated rings. The van der Waals surface area contributed by atoms with Gasteiger partial charge in [0.15, 0.2) is 17.3 Å². The summed E-state index contributed by atoms with van der Waals surface area (Å²) in [6.45, 7) is 1.76. The van der Waals surface area contributed by atoms with Crippen molar-refractivity contribution in [3.05, 3.63) is 23.8 Å². The molecule has 104 valence electrons. The van der Waals surface area contributed by atoms with Gasteiger partial charge in [0.25, 0.3) is 0 Å². The number of piperidine rings is 1. The number of rotatable bonds is 4. The molecular formula is C13H17NO5. The maximum Gasteiger partial charge on any atom is 0.179 e. The number of hydrogen-bond acceptors (Lipinski definition) is 6. The molecule has 6 nitrogen and oxygen atoms in total. The van der Waals surface area contributed by atoms with Gasteiger partial charge in [-0.2, -0.15) is 0 Å². The summed E-state index contributed by atoms with van der Waals surface area (Å²) in [4.78, 5) is 22.8. The molecule has 0 spiro atoms. The van der Waals surface area contributed by atoms with E-state index in [-0.39, 0.29) is 23.2 Å². The molecule has 19 heavy (non-hydrogen) atoms. The number of ketones is 1. The molecular weight excluding hydrogens is 250 g/mol. The third-order valence-electron chi connectivity index (χ3n) is 3.51. The van der Waals surface area contributed by atoms with Crippen molar-refractivity contribution in [1.29, 1.82) is 0 Å². The summed E-state index contributed by atoms with van der Waals surface area (Å²) in [7, 11) is 2.02. The van der Waals surface area contributed by atoms with E-state index in [1.807, 2.05) is 7.05 Å². The number of benzene rings is 1. The predicted molar refractivity (Wildman–Crippen MR) is 67.5 cm³/mol. The molecule has 1 heterocycles. The van der Waals surface area contributed by atoms with Gasteiger partial charge in [-0.05, 0) is 45.1 Å². The van der Waals surface area contributed by atoms with Gasteiger partial charge in [0.2, 0.25) is 0 Å². The van der Waals surface area contributed by atoms with Crippen molar-refractivity contribution in [3.8, 4) is 11.5 Å². The SMILES string of the molecule is CN1CCC(C(=O)c2ccc(OO)cc2OO)CC1. The zero-order valence-corrected chi connectivity index (χ0v) is 10.7. The molecule has 6 heteroatoms. The molecule has 1 aromatic carbocycles. The van der Waals surface area contributed by atoms with E-state index in [0.717, 1.165) is 25.9 Å². The van der Waals surface area contributed by atoms with Crippen molar-refractivity contribution >= 4 is 5.78 Å². The number of Topliss-reactive ketones (excluding diaryl/α,β-unsaturated/α-hetero) is 1. The van der Waals surface area contributed by atoms with Crippen molar-refractivity contribution in [2.75, 3.05) is 20.1 Å². The molecule has 1 aliphatic rings. The normalized spacial score (nSPS) is 17.2. The molecule has 0 aromatic heterocycles. The molecule has 1 aliphatic heterocycles. The molecule has 0 amide bonds. The minimum Gasteiger partial charge on any atom is -0.340 e. The maximum atomic E-state index is 12.4. The van der Waals surface area contributed by atoms with Gasteiger partial charge < -0.3 is 14.7 Å². The summed E-state index contributed by atoms with van der Waals surface area (Å²) in [5.41, 5.74) is 0.304. The van der Waals surface area contributed by atoms with E-state index in [1.165, 1.54) is 18.2 Å². The van der Waals surface area contributed by atoms with E-state index in [1.54, 1.807) is 0 Å². The van der Waals surface area contributed by atoms with Gasteiger partial charge in [-0.3, -0.25) is 4.79 Å². The molecule has 0 unspecified atom stereocenters. The lowest BCUT2D eigenvalue weighted by molar-refractivity contribution is -0.145. The minimum atomic E-state index is -0.0639. The van der Waals surface area contributed by atoms with Gasteiger partial charge in [-0.1, -0.05) is 0 Å². The Labute approximate surface area is 111 Å². The topological polar surface area (TPSA) is 79.2 Å². The largest absolute Gasteiger partial charge is 0.340 e. The molecule has 0 saturated carbocycles. The van der Waals surface area contributed by atoms with Gasteiger partial charge in [0, 0.05) is 12.0 Å². The van der Waals surface area contributed by atoms with E-state index in [9.17, 15) is 4.79 Å². The first-order chi connectivity index (χ1) is 9.15. The van der Waals surface area contributed by atoms with Crippen LogP contribution in [0, 0.1) is 5.92 Å². The average molecular weight is 267 g/mol. The Hall–Kier alpha value is -1.63. The highest BCUT2D eigenvalue weighted by Gasteiger charge is 2.27. The Morgan fingerprint density at radius 3 is 2.53 bits per heavy atom. The fraction of sp³-hybridized carbons (Fsp3) is 0.462. The van der Waals surface area contributed by atoms with Gasteiger partial charge in [0.05, 0.1) is 5.56 Å². The summed E-state index contributed by atoms with van der Waals surface area (Å²) >= 11 is 0. The first kappa shape index (κ1) is 13.8. The molecule has 0 atom stereocenters. The smallest absolute Gasteiger partial charge is 0.179 e. The molecule has 1 aromatic rings. The Morgan fingerprint density at radius 1 is 1.26 bits per heavy atom. The van der Waals surface area contributed by atoms with Crippen LogP contribution in [0.1, 0.15) is 23.2 Å². The highest BCUT2D eigenvalue weighted by molar-refractivity contribution is 6.00. The second-order valence-corrected chi connectivity index (χ2v) is 4.78. The summed E-state index contributed by atoms with van der Waals surface area (Å²) in [6.07, 6.45) is 1.58. The lowest BCUT2D eigenvalue weighted by Gasteiger charge is -2.28. The van der Waals surface area contributed by atoms with Crippen LogP contribution in [-0.4, -0.2) is 41.3 Å². The van der Waals surface area contributed by atoms with Gasteiger partial charge in [0.1, 0.15) is 0 Å². The van der Waals surface area contributed by atoms with E-state index in [2.05, 4.69) is 14.7 Å². The summed E-state index contributed by atoms with van der Waals surface area (Å²) < 4.78 is 0. The summed E-state index contributed by atoms with van der Waals surface area (Å²) in [6, 6.07) is 4.20. The minimum absolute atomic E-state index is 0.00419. The predicted octanol–water partition coefficient (Wildman–Crippen LogP) is 1.91. The molecule has 0 bridgehead atoms. The second-order valence-electron chi connectivity index (χ2n) is 4.78. The third kappa shape index (κ3) is 3.04. The summed E-state index contributed by atoms with van der Waals surface area (Å²) in [5.74, 6) is -0.0212. The second kappa shape index (κ2) is 6.01. The van der Waals surface area contributed by atoms with Crippen molar-refractivity contribution < 1.29 is 25.1 Å². The molecule has 0 radical (unpaired) electrons. The van der Waals surface area contributed by atoms with Crippen LogP contribution in [-0.2, 0) is 0 Å². The van der Waals surface area contributed by atoms with Crippen LogP contribution in [0.15, 0.2) is 18.2 Å². The molecule has 2 rings (SSSR count). The van der Waals surface area contributed by atoms with E-state index in [4.69, 9.17) is 10.5 Å². The molecule has 1 saturated heterocycles. The monoisotopic (exact) mass is 267 g/mol. The van der Waals surface area contributed by atoms with Gasteiger partial charge >= 0.3 is 0 Å². The average Bonchev–Trinajstić information content (AvgIpc) is 2.46. The van der Waals surface area contributed by atoms with E-state index in [0.29, 0.717) is 5.56 Å². The Kier molecular flexibility index (Phi) is 4.36. The van der Waals surface area contributed by atoms with Crippen molar-refractivity contribution in [3.63, 3.8) is 0 Å². The van der Waals surface area contributed by atoms with Crippen LogP contribution in [0.25, 0.3) is 0 Å². The van der Waals surface area contributed by atoms with Crippen LogP contribution in [0.2, 0.25) is 0 Å².